The van der Waals surface area contributed by atoms with E-state index in [0.29, 0.717) is 22.6 Å². The summed E-state index contributed by atoms with van der Waals surface area (Å²) in [4.78, 5) is 8.86. The monoisotopic (exact) mass is 490 g/mol. The van der Waals surface area contributed by atoms with Crippen molar-refractivity contribution in [2.24, 2.45) is 0 Å². The van der Waals surface area contributed by atoms with Crippen molar-refractivity contribution in [3.63, 3.8) is 0 Å². The van der Waals surface area contributed by atoms with E-state index in [4.69, 9.17) is 16.3 Å². The van der Waals surface area contributed by atoms with Crippen molar-refractivity contribution in [2.75, 3.05) is 17.2 Å². The number of anilines is 4. The third kappa shape index (κ3) is 4.61. The van der Waals surface area contributed by atoms with Crippen LogP contribution in [-0.2, 0) is 4.74 Å². The molecule has 1 atom stereocenters. The van der Waals surface area contributed by atoms with E-state index in [9.17, 15) is 0 Å². The summed E-state index contributed by atoms with van der Waals surface area (Å²) in [7, 11) is 0. The normalized spacial score (nSPS) is 16.5. The number of hydrogen-bond donors (Lipinski definition) is 2. The number of rotatable bonds is 5. The lowest BCUT2D eigenvalue weighted by atomic mass is 10.1. The van der Waals surface area contributed by atoms with Crippen molar-refractivity contribution < 1.29 is 4.74 Å². The van der Waals surface area contributed by atoms with Crippen LogP contribution in [0.25, 0.3) is 0 Å². The molecule has 2 N–H and O–H groups in total. The Kier molecular flexibility index (Phi) is 6.26. The molecule has 3 aromatic rings. The Balaban J connectivity index is 1.55. The van der Waals surface area contributed by atoms with E-state index >= 15 is 0 Å². The number of nitrogens with one attached hydrogen (secondary N) is 2. The molecule has 0 saturated carbocycles. The molecule has 30 heavy (non-hydrogen) atoms. The highest BCUT2D eigenvalue weighted by Crippen LogP contribution is 2.29. The SMILES string of the molecule is Cc1cc(Nc2ncc(Cl)c(Nc3cc(C)n(C4CCCCO4)n3)n2)c(C)cc1Br. The average molecular weight is 492 g/mol. The summed E-state index contributed by atoms with van der Waals surface area (Å²) in [6, 6.07) is 6.08. The van der Waals surface area contributed by atoms with Crippen LogP contribution in [-0.4, -0.2) is 26.4 Å². The molecule has 1 aromatic carbocycles. The first kappa shape index (κ1) is 21.1. The average Bonchev–Trinajstić information content (AvgIpc) is 3.09. The summed E-state index contributed by atoms with van der Waals surface area (Å²) in [5, 5.41) is 11.6. The van der Waals surface area contributed by atoms with Crippen LogP contribution in [0.1, 0.15) is 42.3 Å². The van der Waals surface area contributed by atoms with Gasteiger partial charge in [-0.05, 0) is 63.3 Å². The number of aryl methyl sites for hydroxylation is 3. The van der Waals surface area contributed by atoms with Crippen molar-refractivity contribution in [3.8, 4) is 0 Å². The van der Waals surface area contributed by atoms with Crippen LogP contribution in [0.15, 0.2) is 28.9 Å². The van der Waals surface area contributed by atoms with Crippen LogP contribution < -0.4 is 10.6 Å². The fourth-order valence-electron chi connectivity index (χ4n) is 3.43. The second kappa shape index (κ2) is 8.91. The van der Waals surface area contributed by atoms with Gasteiger partial charge in [0.25, 0.3) is 0 Å². The summed E-state index contributed by atoms with van der Waals surface area (Å²) in [6.45, 7) is 6.86. The fraction of sp³-hybridized carbons (Fsp3) is 0.381. The Bertz CT molecular complexity index is 1060. The maximum atomic E-state index is 6.34. The topological polar surface area (TPSA) is 76.9 Å². The molecule has 0 spiro atoms. The van der Waals surface area contributed by atoms with Gasteiger partial charge in [-0.1, -0.05) is 27.5 Å². The number of hydrogen-bond acceptors (Lipinski definition) is 6. The van der Waals surface area contributed by atoms with Gasteiger partial charge in [0.05, 0.1) is 6.20 Å². The Labute approximate surface area is 189 Å². The molecule has 1 aliphatic heterocycles. The van der Waals surface area contributed by atoms with Gasteiger partial charge in [0, 0.05) is 28.5 Å². The van der Waals surface area contributed by atoms with Gasteiger partial charge in [0.15, 0.2) is 17.9 Å². The van der Waals surface area contributed by atoms with Gasteiger partial charge >= 0.3 is 0 Å². The Morgan fingerprint density at radius 3 is 2.73 bits per heavy atom. The van der Waals surface area contributed by atoms with E-state index in [-0.39, 0.29) is 6.23 Å². The molecule has 1 unspecified atom stereocenters. The molecule has 1 aliphatic rings. The lowest BCUT2D eigenvalue weighted by Crippen LogP contribution is -2.20. The minimum Gasteiger partial charge on any atom is -0.357 e. The first-order valence-corrected chi connectivity index (χ1v) is 11.1. The highest BCUT2D eigenvalue weighted by molar-refractivity contribution is 9.10. The molecule has 3 heterocycles. The van der Waals surface area contributed by atoms with Crippen LogP contribution >= 0.6 is 27.5 Å². The summed E-state index contributed by atoms with van der Waals surface area (Å²) >= 11 is 9.90. The second-order valence-corrected chi connectivity index (χ2v) is 8.75. The molecule has 0 amide bonds. The zero-order valence-corrected chi connectivity index (χ0v) is 19.5. The third-order valence-electron chi connectivity index (χ3n) is 5.09. The van der Waals surface area contributed by atoms with Gasteiger partial charge in [-0.2, -0.15) is 10.1 Å². The van der Waals surface area contributed by atoms with Crippen molar-refractivity contribution in [3.05, 3.63) is 50.7 Å². The van der Waals surface area contributed by atoms with Crippen LogP contribution in [0.3, 0.4) is 0 Å². The quantitative estimate of drug-likeness (QED) is 0.442. The van der Waals surface area contributed by atoms with E-state index in [1.165, 1.54) is 0 Å². The molecule has 0 aliphatic carbocycles. The molecular weight excluding hydrogens is 468 g/mol. The van der Waals surface area contributed by atoms with Gasteiger partial charge in [0.1, 0.15) is 5.02 Å². The smallest absolute Gasteiger partial charge is 0.229 e. The van der Waals surface area contributed by atoms with Crippen molar-refractivity contribution in [1.82, 2.24) is 19.7 Å². The number of aromatic nitrogens is 4. The molecule has 4 rings (SSSR count). The first-order valence-electron chi connectivity index (χ1n) is 9.92. The minimum absolute atomic E-state index is 0.0176. The molecule has 9 heteroatoms. The number of halogens is 2. The molecular formula is C21H24BrClN6O. The summed E-state index contributed by atoms with van der Waals surface area (Å²) in [6.07, 6.45) is 4.78. The molecule has 7 nitrogen and oxygen atoms in total. The lowest BCUT2D eigenvalue weighted by Gasteiger charge is -2.23. The Hall–Kier alpha value is -2.16. The van der Waals surface area contributed by atoms with Gasteiger partial charge in [0.2, 0.25) is 5.95 Å². The van der Waals surface area contributed by atoms with Crippen molar-refractivity contribution >= 4 is 50.8 Å². The van der Waals surface area contributed by atoms with E-state index in [2.05, 4.69) is 53.8 Å². The van der Waals surface area contributed by atoms with Crippen LogP contribution in [0.5, 0.6) is 0 Å². The van der Waals surface area contributed by atoms with E-state index in [0.717, 1.165) is 52.9 Å². The van der Waals surface area contributed by atoms with E-state index in [1.807, 2.05) is 31.5 Å². The second-order valence-electron chi connectivity index (χ2n) is 7.49. The predicted molar refractivity (Wildman–Crippen MR) is 123 cm³/mol. The number of nitrogens with zero attached hydrogens (tertiary/aromatic N) is 4. The maximum Gasteiger partial charge on any atom is 0.229 e. The lowest BCUT2D eigenvalue weighted by molar-refractivity contribution is -0.0404. The van der Waals surface area contributed by atoms with Crippen molar-refractivity contribution in [2.45, 2.75) is 46.3 Å². The zero-order valence-electron chi connectivity index (χ0n) is 17.2. The highest BCUT2D eigenvalue weighted by Gasteiger charge is 2.19. The fourth-order valence-corrected chi connectivity index (χ4v) is 4.03. The molecule has 158 valence electrons. The molecule has 2 aromatic heterocycles. The first-order chi connectivity index (χ1) is 14.4. The molecule has 0 bridgehead atoms. The van der Waals surface area contributed by atoms with Crippen molar-refractivity contribution in [1.29, 1.82) is 0 Å². The van der Waals surface area contributed by atoms with Gasteiger partial charge in [-0.3, -0.25) is 0 Å². The van der Waals surface area contributed by atoms with Crippen LogP contribution in [0.2, 0.25) is 5.02 Å². The van der Waals surface area contributed by atoms with E-state index < -0.39 is 0 Å². The van der Waals surface area contributed by atoms with Gasteiger partial charge in [-0.25, -0.2) is 9.67 Å². The van der Waals surface area contributed by atoms with Crippen LogP contribution in [0.4, 0.5) is 23.3 Å². The molecule has 0 radical (unpaired) electrons. The predicted octanol–water partition coefficient (Wildman–Crippen LogP) is 6.20. The van der Waals surface area contributed by atoms with Gasteiger partial charge in [-0.15, -0.1) is 0 Å². The summed E-state index contributed by atoms with van der Waals surface area (Å²) in [5.74, 6) is 1.62. The number of benzene rings is 1. The Morgan fingerprint density at radius 1 is 1.13 bits per heavy atom. The summed E-state index contributed by atoms with van der Waals surface area (Å²) < 4.78 is 8.84. The largest absolute Gasteiger partial charge is 0.357 e. The standard InChI is InChI=1S/C21H24BrClN6O/c1-12-9-17(13(2)8-15(12)22)25-21-24-11-16(23)20(27-21)26-18-10-14(3)29(28-18)19-6-4-5-7-30-19/h8-11,19H,4-7H2,1-3H3,(H2,24,25,26,27,28). The third-order valence-corrected chi connectivity index (χ3v) is 6.22. The minimum atomic E-state index is -0.0176. The zero-order chi connectivity index (χ0) is 21.3. The van der Waals surface area contributed by atoms with Gasteiger partial charge < -0.3 is 15.4 Å². The summed E-state index contributed by atoms with van der Waals surface area (Å²) in [5.41, 5.74) is 4.18. The number of ether oxygens (including phenoxy) is 1. The van der Waals surface area contributed by atoms with E-state index in [1.54, 1.807) is 6.20 Å². The highest BCUT2D eigenvalue weighted by atomic mass is 79.9. The molecule has 1 fully saturated rings. The Morgan fingerprint density at radius 2 is 1.97 bits per heavy atom. The maximum absolute atomic E-state index is 6.34. The molecule has 1 saturated heterocycles. The van der Waals surface area contributed by atoms with Crippen LogP contribution in [0, 0.1) is 20.8 Å².